The summed E-state index contributed by atoms with van der Waals surface area (Å²) in [6.07, 6.45) is -0.123. The number of hydrogen-bond donors (Lipinski definition) is 2. The van der Waals surface area contributed by atoms with Crippen molar-refractivity contribution < 1.29 is 14.7 Å². The molecule has 0 radical (unpaired) electrons. The van der Waals surface area contributed by atoms with E-state index in [1.807, 2.05) is 34.6 Å². The van der Waals surface area contributed by atoms with Crippen LogP contribution in [0.25, 0.3) is 0 Å². The van der Waals surface area contributed by atoms with Crippen LogP contribution in [0.3, 0.4) is 0 Å². The zero-order valence-corrected chi connectivity index (χ0v) is 10.1. The summed E-state index contributed by atoms with van der Waals surface area (Å²) in [5.74, 6) is -1.61. The minimum atomic E-state index is -0.936. The second kappa shape index (κ2) is 5.14. The number of carboxylic acid groups (broad SMARTS) is 1. The maximum absolute atomic E-state index is 11.8. The largest absolute Gasteiger partial charge is 0.481 e. The Balaban J connectivity index is 4.64. The average molecular weight is 215 g/mol. The van der Waals surface area contributed by atoms with E-state index >= 15 is 0 Å². The Kier molecular flexibility index (Phi) is 4.78. The minimum absolute atomic E-state index is 0.0381. The zero-order chi connectivity index (χ0) is 12.2. The summed E-state index contributed by atoms with van der Waals surface area (Å²) in [4.78, 5) is 22.4. The third-order valence-corrected chi connectivity index (χ3v) is 2.17. The molecule has 88 valence electrons. The number of carbonyl (C=O) groups is 2. The van der Waals surface area contributed by atoms with Gasteiger partial charge in [0.2, 0.25) is 5.91 Å². The first-order valence-corrected chi connectivity index (χ1v) is 5.16. The molecule has 0 rings (SSSR count). The summed E-state index contributed by atoms with van der Waals surface area (Å²) in [5.41, 5.74) is -0.336. The summed E-state index contributed by atoms with van der Waals surface area (Å²) in [6, 6.07) is 0.0381. The summed E-state index contributed by atoms with van der Waals surface area (Å²) in [7, 11) is 0. The van der Waals surface area contributed by atoms with Crippen LogP contribution in [0.5, 0.6) is 0 Å². The van der Waals surface area contributed by atoms with Gasteiger partial charge in [-0.1, -0.05) is 20.8 Å². The Morgan fingerprint density at radius 2 is 1.73 bits per heavy atom. The van der Waals surface area contributed by atoms with E-state index in [0.717, 1.165) is 0 Å². The monoisotopic (exact) mass is 215 g/mol. The molecule has 0 aromatic carbocycles. The van der Waals surface area contributed by atoms with Gasteiger partial charge in [-0.3, -0.25) is 9.59 Å². The van der Waals surface area contributed by atoms with Crippen LogP contribution in [0.4, 0.5) is 0 Å². The smallest absolute Gasteiger partial charge is 0.304 e. The first kappa shape index (κ1) is 13.9. The number of rotatable bonds is 4. The second-order valence-corrected chi connectivity index (χ2v) is 5.18. The second-order valence-electron chi connectivity index (χ2n) is 5.18. The highest BCUT2D eigenvalue weighted by atomic mass is 16.4. The van der Waals surface area contributed by atoms with Crippen LogP contribution in [0, 0.1) is 11.3 Å². The molecule has 0 fully saturated rings. The highest BCUT2D eigenvalue weighted by molar-refractivity contribution is 5.84. The lowest BCUT2D eigenvalue weighted by Crippen LogP contribution is -2.42. The summed E-state index contributed by atoms with van der Waals surface area (Å²) >= 11 is 0. The van der Waals surface area contributed by atoms with Crippen molar-refractivity contribution in [3.8, 4) is 0 Å². The van der Waals surface area contributed by atoms with E-state index < -0.39 is 11.9 Å². The molecule has 0 saturated heterocycles. The predicted molar refractivity (Wildman–Crippen MR) is 58.5 cm³/mol. The molecule has 0 spiro atoms. The maximum Gasteiger partial charge on any atom is 0.304 e. The Labute approximate surface area is 91.1 Å². The molecule has 0 saturated carbocycles. The van der Waals surface area contributed by atoms with E-state index in [9.17, 15) is 9.59 Å². The summed E-state index contributed by atoms with van der Waals surface area (Å²) in [5, 5.41) is 11.5. The highest BCUT2D eigenvalue weighted by Crippen LogP contribution is 2.28. The van der Waals surface area contributed by atoms with E-state index in [-0.39, 0.29) is 23.8 Å². The standard InChI is InChI=1S/C11H21NO3/c1-7(2)12-10(15)8(6-9(13)14)11(3,4)5/h7-8H,6H2,1-5H3,(H,12,15)(H,13,14). The van der Waals surface area contributed by atoms with Crippen molar-refractivity contribution in [3.05, 3.63) is 0 Å². The van der Waals surface area contributed by atoms with Crippen LogP contribution in [-0.4, -0.2) is 23.0 Å². The lowest BCUT2D eigenvalue weighted by atomic mass is 9.78. The van der Waals surface area contributed by atoms with Gasteiger partial charge >= 0.3 is 5.97 Å². The molecule has 0 aliphatic rings. The summed E-state index contributed by atoms with van der Waals surface area (Å²) < 4.78 is 0. The van der Waals surface area contributed by atoms with Gasteiger partial charge in [-0.2, -0.15) is 0 Å². The zero-order valence-electron chi connectivity index (χ0n) is 10.1. The van der Waals surface area contributed by atoms with Gasteiger partial charge in [0.1, 0.15) is 0 Å². The van der Waals surface area contributed by atoms with Gasteiger partial charge in [-0.15, -0.1) is 0 Å². The molecule has 2 N–H and O–H groups in total. The molecule has 1 unspecified atom stereocenters. The predicted octanol–water partition coefficient (Wildman–Crippen LogP) is 1.65. The topological polar surface area (TPSA) is 66.4 Å². The molecule has 0 aromatic heterocycles. The van der Waals surface area contributed by atoms with E-state index in [1.165, 1.54) is 0 Å². The van der Waals surface area contributed by atoms with Crippen LogP contribution in [0.15, 0.2) is 0 Å². The normalized spacial score (nSPS) is 13.7. The van der Waals surface area contributed by atoms with Gasteiger partial charge in [-0.25, -0.2) is 0 Å². The molecule has 4 heteroatoms. The van der Waals surface area contributed by atoms with Gasteiger partial charge in [0.25, 0.3) is 0 Å². The van der Waals surface area contributed by atoms with Gasteiger partial charge in [-0.05, 0) is 19.3 Å². The van der Waals surface area contributed by atoms with Gasteiger partial charge in [0.05, 0.1) is 12.3 Å². The highest BCUT2D eigenvalue weighted by Gasteiger charge is 2.33. The average Bonchev–Trinajstić information content (AvgIpc) is 1.95. The first-order chi connectivity index (χ1) is 6.64. The third-order valence-electron chi connectivity index (χ3n) is 2.17. The Hall–Kier alpha value is -1.06. The van der Waals surface area contributed by atoms with Crippen molar-refractivity contribution in [2.75, 3.05) is 0 Å². The maximum atomic E-state index is 11.8. The van der Waals surface area contributed by atoms with Crippen LogP contribution >= 0.6 is 0 Å². The number of amides is 1. The fraction of sp³-hybridized carbons (Fsp3) is 0.818. The SMILES string of the molecule is CC(C)NC(=O)C(CC(=O)O)C(C)(C)C. The van der Waals surface area contributed by atoms with Crippen molar-refractivity contribution in [2.45, 2.75) is 47.1 Å². The van der Waals surface area contributed by atoms with Crippen LogP contribution in [0.1, 0.15) is 41.0 Å². The fourth-order valence-corrected chi connectivity index (χ4v) is 1.35. The first-order valence-electron chi connectivity index (χ1n) is 5.16. The van der Waals surface area contributed by atoms with E-state index in [1.54, 1.807) is 0 Å². The van der Waals surface area contributed by atoms with Gasteiger partial charge in [0.15, 0.2) is 0 Å². The lowest BCUT2D eigenvalue weighted by molar-refractivity contribution is -0.143. The van der Waals surface area contributed by atoms with Crippen molar-refractivity contribution in [1.82, 2.24) is 5.32 Å². The Morgan fingerprint density at radius 3 is 2.00 bits per heavy atom. The van der Waals surface area contributed by atoms with Gasteiger partial charge < -0.3 is 10.4 Å². The Morgan fingerprint density at radius 1 is 1.27 bits per heavy atom. The van der Waals surface area contributed by atoms with Gasteiger partial charge in [0, 0.05) is 6.04 Å². The molecular formula is C11H21NO3. The van der Waals surface area contributed by atoms with Crippen LogP contribution in [0.2, 0.25) is 0 Å². The third kappa shape index (κ3) is 5.40. The van der Waals surface area contributed by atoms with Crippen molar-refractivity contribution in [3.63, 3.8) is 0 Å². The quantitative estimate of drug-likeness (QED) is 0.749. The molecule has 1 atom stereocenters. The van der Waals surface area contributed by atoms with E-state index in [0.29, 0.717) is 0 Å². The number of aliphatic carboxylic acids is 1. The molecule has 15 heavy (non-hydrogen) atoms. The van der Waals surface area contributed by atoms with Crippen molar-refractivity contribution in [2.24, 2.45) is 11.3 Å². The van der Waals surface area contributed by atoms with Crippen molar-refractivity contribution in [1.29, 1.82) is 0 Å². The number of hydrogen-bond acceptors (Lipinski definition) is 2. The van der Waals surface area contributed by atoms with Crippen LogP contribution < -0.4 is 5.32 Å². The molecule has 0 heterocycles. The molecule has 4 nitrogen and oxygen atoms in total. The molecular weight excluding hydrogens is 194 g/mol. The molecule has 0 aliphatic carbocycles. The Bertz CT molecular complexity index is 241. The summed E-state index contributed by atoms with van der Waals surface area (Å²) in [6.45, 7) is 9.35. The fourth-order valence-electron chi connectivity index (χ4n) is 1.35. The molecule has 1 amide bonds. The van der Waals surface area contributed by atoms with E-state index in [2.05, 4.69) is 5.32 Å². The van der Waals surface area contributed by atoms with E-state index in [4.69, 9.17) is 5.11 Å². The molecule has 0 aliphatic heterocycles. The van der Waals surface area contributed by atoms with Crippen molar-refractivity contribution >= 4 is 11.9 Å². The number of nitrogens with one attached hydrogen (secondary N) is 1. The number of carbonyl (C=O) groups excluding carboxylic acids is 1. The molecule has 0 bridgehead atoms. The lowest BCUT2D eigenvalue weighted by Gasteiger charge is -2.29. The molecule has 0 aromatic rings. The number of carboxylic acids is 1. The minimum Gasteiger partial charge on any atom is -0.481 e. The van der Waals surface area contributed by atoms with Crippen LogP contribution in [-0.2, 0) is 9.59 Å².